The zero-order chi connectivity index (χ0) is 15.7. The van der Waals surface area contributed by atoms with Gasteiger partial charge in [-0.15, -0.1) is 0 Å². The molecule has 1 aromatic rings. The number of carbonyl (C=O) groups is 1. The van der Waals surface area contributed by atoms with Crippen molar-refractivity contribution in [1.82, 2.24) is 15.1 Å². The minimum atomic E-state index is -0.421. The Hall–Kier alpha value is -1.52. The van der Waals surface area contributed by atoms with Crippen molar-refractivity contribution in [1.29, 1.82) is 0 Å². The molecule has 22 heavy (non-hydrogen) atoms. The lowest BCUT2D eigenvalue weighted by molar-refractivity contribution is 0.0204. The van der Waals surface area contributed by atoms with E-state index in [2.05, 4.69) is 10.2 Å². The number of likely N-dealkylation sites (tertiary alicyclic amines) is 1. The number of ether oxygens (including phenoxy) is 1. The summed E-state index contributed by atoms with van der Waals surface area (Å²) in [6.45, 7) is 7.26. The topological polar surface area (TPSA) is 58.2 Å². The molecule has 0 aromatic carbocycles. The third-order valence-corrected chi connectivity index (χ3v) is 4.62. The maximum Gasteiger partial charge on any atom is 0.410 e. The largest absolute Gasteiger partial charge is 0.444 e. The number of aromatic amines is 1. The van der Waals surface area contributed by atoms with Crippen LogP contribution in [0.4, 0.5) is 4.79 Å². The van der Waals surface area contributed by atoms with Crippen molar-refractivity contribution in [2.75, 3.05) is 13.1 Å². The molecule has 1 aliphatic carbocycles. The first-order valence-electron chi connectivity index (χ1n) is 8.48. The lowest BCUT2D eigenvalue weighted by Crippen LogP contribution is -2.41. The van der Waals surface area contributed by atoms with Crippen LogP contribution in [0.5, 0.6) is 0 Å². The van der Waals surface area contributed by atoms with Crippen molar-refractivity contribution in [3.8, 4) is 0 Å². The molecular weight excluding hydrogens is 278 g/mol. The predicted molar refractivity (Wildman–Crippen MR) is 85.0 cm³/mol. The van der Waals surface area contributed by atoms with Crippen molar-refractivity contribution in [2.45, 2.75) is 70.8 Å². The van der Waals surface area contributed by atoms with Crippen molar-refractivity contribution < 1.29 is 9.53 Å². The van der Waals surface area contributed by atoms with Crippen LogP contribution in [0.3, 0.4) is 0 Å². The van der Waals surface area contributed by atoms with E-state index in [9.17, 15) is 4.79 Å². The van der Waals surface area contributed by atoms with Crippen LogP contribution in [0.2, 0.25) is 0 Å². The lowest BCUT2D eigenvalue weighted by atomic mass is 9.87. The minimum Gasteiger partial charge on any atom is -0.444 e. The van der Waals surface area contributed by atoms with E-state index in [-0.39, 0.29) is 6.09 Å². The van der Waals surface area contributed by atoms with Crippen LogP contribution in [0.15, 0.2) is 0 Å². The van der Waals surface area contributed by atoms with Gasteiger partial charge in [-0.3, -0.25) is 5.10 Å². The molecule has 1 amide bonds. The molecular formula is C17H27N3O2. The number of amides is 1. The second-order valence-corrected chi connectivity index (χ2v) is 7.51. The Labute approximate surface area is 132 Å². The zero-order valence-corrected chi connectivity index (χ0v) is 13.9. The molecule has 122 valence electrons. The number of H-pyrrole nitrogens is 1. The third kappa shape index (κ3) is 3.28. The van der Waals surface area contributed by atoms with Gasteiger partial charge in [-0.1, -0.05) is 0 Å². The molecule has 1 aliphatic heterocycles. The first kappa shape index (κ1) is 15.4. The number of hydrogen-bond donors (Lipinski definition) is 1. The molecule has 0 spiro atoms. The monoisotopic (exact) mass is 305 g/mol. The molecule has 2 aliphatic rings. The van der Waals surface area contributed by atoms with Gasteiger partial charge in [0.05, 0.1) is 5.69 Å². The second-order valence-electron chi connectivity index (χ2n) is 7.51. The quantitative estimate of drug-likeness (QED) is 0.865. The van der Waals surface area contributed by atoms with E-state index in [1.54, 1.807) is 0 Å². The molecule has 2 heterocycles. The van der Waals surface area contributed by atoms with E-state index < -0.39 is 5.60 Å². The SMILES string of the molecule is CC(C)(C)OC(=O)N1CCC(c2n[nH]c3c2CCCC3)CC1. The Morgan fingerprint density at radius 3 is 2.59 bits per heavy atom. The molecule has 0 unspecified atom stereocenters. The molecule has 0 saturated carbocycles. The summed E-state index contributed by atoms with van der Waals surface area (Å²) in [5.74, 6) is 0.483. The molecule has 5 nitrogen and oxygen atoms in total. The zero-order valence-electron chi connectivity index (χ0n) is 13.9. The number of nitrogens with one attached hydrogen (secondary N) is 1. The van der Waals surface area contributed by atoms with Gasteiger partial charge in [0.25, 0.3) is 0 Å². The molecule has 1 aromatic heterocycles. The van der Waals surface area contributed by atoms with Gasteiger partial charge in [0.1, 0.15) is 5.60 Å². The van der Waals surface area contributed by atoms with Crippen LogP contribution in [0.1, 0.15) is 69.3 Å². The highest BCUT2D eigenvalue weighted by Crippen LogP contribution is 2.33. The molecule has 1 N–H and O–H groups in total. The standard InChI is InChI=1S/C17H27N3O2/c1-17(2,3)22-16(21)20-10-8-12(9-11-20)15-13-6-4-5-7-14(13)18-19-15/h12H,4-11H2,1-3H3,(H,18,19). The number of aryl methyl sites for hydroxylation is 1. The Kier molecular flexibility index (Phi) is 4.15. The lowest BCUT2D eigenvalue weighted by Gasteiger charge is -2.33. The number of rotatable bonds is 1. The molecule has 1 saturated heterocycles. The van der Waals surface area contributed by atoms with Crippen molar-refractivity contribution in [3.05, 3.63) is 17.0 Å². The number of carbonyl (C=O) groups excluding carboxylic acids is 1. The first-order chi connectivity index (χ1) is 10.4. The predicted octanol–water partition coefficient (Wildman–Crippen LogP) is 3.40. The number of hydrogen-bond acceptors (Lipinski definition) is 3. The van der Waals surface area contributed by atoms with Crippen LogP contribution in [0.25, 0.3) is 0 Å². The van der Waals surface area contributed by atoms with Gasteiger partial charge in [0, 0.05) is 24.7 Å². The highest BCUT2D eigenvalue weighted by Gasteiger charge is 2.30. The fraction of sp³-hybridized carbons (Fsp3) is 0.765. The van der Waals surface area contributed by atoms with Crippen molar-refractivity contribution in [3.63, 3.8) is 0 Å². The van der Waals surface area contributed by atoms with Gasteiger partial charge < -0.3 is 9.64 Å². The van der Waals surface area contributed by atoms with Gasteiger partial charge in [-0.05, 0) is 64.9 Å². The normalized spacial score (nSPS) is 19.9. The smallest absolute Gasteiger partial charge is 0.410 e. The summed E-state index contributed by atoms with van der Waals surface area (Å²) in [4.78, 5) is 14.0. The Morgan fingerprint density at radius 2 is 1.91 bits per heavy atom. The number of piperidine rings is 1. The molecule has 0 radical (unpaired) electrons. The van der Waals surface area contributed by atoms with Crippen LogP contribution in [0, 0.1) is 0 Å². The summed E-state index contributed by atoms with van der Waals surface area (Å²) in [7, 11) is 0. The summed E-state index contributed by atoms with van der Waals surface area (Å²) in [5.41, 5.74) is 3.64. The van der Waals surface area contributed by atoms with E-state index in [4.69, 9.17) is 4.74 Å². The van der Waals surface area contributed by atoms with E-state index in [1.807, 2.05) is 25.7 Å². The first-order valence-corrected chi connectivity index (χ1v) is 8.48. The average molecular weight is 305 g/mol. The highest BCUT2D eigenvalue weighted by molar-refractivity contribution is 5.68. The number of aromatic nitrogens is 2. The summed E-state index contributed by atoms with van der Waals surface area (Å²) in [6.07, 6.45) is 6.62. The summed E-state index contributed by atoms with van der Waals surface area (Å²) < 4.78 is 5.46. The molecule has 5 heteroatoms. The van der Waals surface area contributed by atoms with Crippen LogP contribution in [-0.2, 0) is 17.6 Å². The fourth-order valence-electron chi connectivity index (χ4n) is 3.51. The molecule has 1 fully saturated rings. The average Bonchev–Trinajstić information content (AvgIpc) is 2.89. The minimum absolute atomic E-state index is 0.185. The van der Waals surface area contributed by atoms with Crippen LogP contribution >= 0.6 is 0 Å². The van der Waals surface area contributed by atoms with Crippen LogP contribution < -0.4 is 0 Å². The van der Waals surface area contributed by atoms with E-state index in [0.29, 0.717) is 5.92 Å². The van der Waals surface area contributed by atoms with Crippen LogP contribution in [-0.4, -0.2) is 39.9 Å². The molecule has 3 rings (SSSR count). The van der Waals surface area contributed by atoms with Gasteiger partial charge >= 0.3 is 6.09 Å². The van der Waals surface area contributed by atoms with Gasteiger partial charge in [0.15, 0.2) is 0 Å². The summed E-state index contributed by atoms with van der Waals surface area (Å²) in [6, 6.07) is 0. The second kappa shape index (κ2) is 5.94. The van der Waals surface area contributed by atoms with E-state index in [1.165, 1.54) is 29.8 Å². The van der Waals surface area contributed by atoms with Gasteiger partial charge in [-0.2, -0.15) is 5.10 Å². The molecule has 0 atom stereocenters. The van der Waals surface area contributed by atoms with Gasteiger partial charge in [0.2, 0.25) is 0 Å². The van der Waals surface area contributed by atoms with Crippen molar-refractivity contribution >= 4 is 6.09 Å². The van der Waals surface area contributed by atoms with E-state index in [0.717, 1.165) is 38.8 Å². The Morgan fingerprint density at radius 1 is 1.23 bits per heavy atom. The summed E-state index contributed by atoms with van der Waals surface area (Å²) >= 11 is 0. The van der Waals surface area contributed by atoms with Gasteiger partial charge in [-0.25, -0.2) is 4.79 Å². The third-order valence-electron chi connectivity index (χ3n) is 4.62. The highest BCUT2D eigenvalue weighted by atomic mass is 16.6. The Balaban J connectivity index is 1.60. The number of nitrogens with zero attached hydrogens (tertiary/aromatic N) is 2. The Bertz CT molecular complexity index is 537. The maximum absolute atomic E-state index is 12.1. The number of fused-ring (bicyclic) bond motifs is 1. The fourth-order valence-corrected chi connectivity index (χ4v) is 3.51. The summed E-state index contributed by atoms with van der Waals surface area (Å²) in [5, 5.41) is 7.82. The maximum atomic E-state index is 12.1. The molecule has 0 bridgehead atoms. The van der Waals surface area contributed by atoms with E-state index >= 15 is 0 Å². The van der Waals surface area contributed by atoms with Crippen molar-refractivity contribution in [2.24, 2.45) is 0 Å².